The van der Waals surface area contributed by atoms with E-state index in [0.29, 0.717) is 0 Å². The first-order valence-corrected chi connectivity index (χ1v) is 20.3. The Kier molecular flexibility index (Phi) is 10.1. The molecule has 8 aromatic carbocycles. The van der Waals surface area contributed by atoms with Crippen molar-refractivity contribution in [3.05, 3.63) is 223 Å². The van der Waals surface area contributed by atoms with Crippen LogP contribution in [-0.2, 0) is 20.1 Å². The van der Waals surface area contributed by atoms with E-state index in [2.05, 4.69) is 185 Å². The molecule has 0 saturated heterocycles. The molecule has 0 spiro atoms. The molecule has 11 rings (SSSR count). The van der Waals surface area contributed by atoms with Crippen molar-refractivity contribution in [3.63, 3.8) is 0 Å². The Morgan fingerprint density at radius 2 is 1.27 bits per heavy atom. The third-order valence-corrected chi connectivity index (χ3v) is 11.4. The number of aryl methyl sites for hydroxylation is 1. The number of para-hydroxylation sites is 3. The molecule has 3 heterocycles. The van der Waals surface area contributed by atoms with Gasteiger partial charge in [-0.25, -0.2) is 0 Å². The van der Waals surface area contributed by atoms with Gasteiger partial charge in [-0.05, 0) is 69.3 Å². The van der Waals surface area contributed by atoms with Crippen LogP contribution in [0.1, 0.15) is 9.68 Å². The van der Waals surface area contributed by atoms with Gasteiger partial charge >= 0.3 is 0 Å². The first-order chi connectivity index (χ1) is 30.4. The zero-order chi connectivity index (χ0) is 42.0. The molecule has 0 aliphatic rings. The van der Waals surface area contributed by atoms with Gasteiger partial charge in [0.05, 0.1) is 22.5 Å². The predicted octanol–water partition coefficient (Wildman–Crippen LogP) is 14.7. The summed E-state index contributed by atoms with van der Waals surface area (Å²) in [7, 11) is 0. The van der Waals surface area contributed by atoms with Crippen molar-refractivity contribution in [3.8, 4) is 61.7 Å². The largest absolute Gasteiger partial charge is 0.332 e. The second kappa shape index (κ2) is 17.2. The van der Waals surface area contributed by atoms with Crippen LogP contribution in [0.2, 0.25) is 0 Å². The van der Waals surface area contributed by atoms with Gasteiger partial charge in [0, 0.05) is 41.5 Å². The summed E-state index contributed by atoms with van der Waals surface area (Å²) < 4.78 is 25.3. The zero-order valence-corrected chi connectivity index (χ0v) is 35.4. The van der Waals surface area contributed by atoms with Crippen molar-refractivity contribution in [2.24, 2.45) is 0 Å². The van der Waals surface area contributed by atoms with Crippen LogP contribution in [0, 0.1) is 18.3 Å². The van der Waals surface area contributed by atoms with Crippen molar-refractivity contribution < 1.29 is 24.2 Å². The number of pyridine rings is 1. The quantitative estimate of drug-likeness (QED) is 0.156. The Morgan fingerprint density at radius 3 is 1.98 bits per heavy atom. The molecule has 0 fully saturated rings. The third-order valence-electron chi connectivity index (χ3n) is 10.6. The van der Waals surface area contributed by atoms with E-state index in [4.69, 9.17) is 9.10 Å². The molecule has 289 valence electrons. The van der Waals surface area contributed by atoms with Crippen LogP contribution in [-0.4, -0.2) is 14.5 Å². The average molecular weight is 967 g/mol. The summed E-state index contributed by atoms with van der Waals surface area (Å²) in [6.07, 6.45) is 1.39. The Morgan fingerprint density at radius 1 is 0.583 bits per heavy atom. The first kappa shape index (κ1) is 35.2. The molecule has 0 N–H and O–H groups in total. The van der Waals surface area contributed by atoms with Gasteiger partial charge in [0.25, 0.3) is 0 Å². The summed E-state index contributed by atoms with van der Waals surface area (Å²) in [6.45, 7) is -2.09. The van der Waals surface area contributed by atoms with Crippen molar-refractivity contribution in [2.45, 2.75) is 6.85 Å². The topological polar surface area (TPSA) is 30.7 Å². The van der Waals surface area contributed by atoms with E-state index in [1.165, 1.54) is 32.8 Å². The molecule has 60 heavy (non-hydrogen) atoms. The van der Waals surface area contributed by atoms with Crippen molar-refractivity contribution in [1.82, 2.24) is 14.5 Å². The molecule has 0 aliphatic carbocycles. The summed E-state index contributed by atoms with van der Waals surface area (Å²) in [5, 5.41) is 7.33. The van der Waals surface area contributed by atoms with E-state index in [1.807, 2.05) is 18.2 Å². The van der Waals surface area contributed by atoms with Gasteiger partial charge in [-0.1, -0.05) is 173 Å². The molecule has 0 aliphatic heterocycles. The second-order valence-electron chi connectivity index (χ2n) is 14.3. The van der Waals surface area contributed by atoms with E-state index in [1.54, 1.807) is 29.5 Å². The summed E-state index contributed by atoms with van der Waals surface area (Å²) in [5.74, 6) is 0.892. The van der Waals surface area contributed by atoms with E-state index < -0.39 is 6.85 Å². The van der Waals surface area contributed by atoms with E-state index in [-0.39, 0.29) is 25.7 Å². The van der Waals surface area contributed by atoms with Gasteiger partial charge in [-0.15, -0.1) is 41.3 Å². The average Bonchev–Trinajstić information content (AvgIpc) is 3.93. The molecule has 1 radical (unpaired) electrons. The standard InChI is InChI=1S/C43H27N2S.C12H10N.Ir/c1-3-13-30(14-4-1)35-18-11-19-36(31-15-5-2-6-16-31)42(35)45-40-21-10-9-20-39(40)44-43(45)38-28-46-41-25-24-34(27-37(38)41)33-23-22-29-12-7-8-17-32(29)26-33;1-10-7-8-12(13-9-10)11-5-3-2-4-6-11;/h1-27H;2-5,7-9H,1H3;/q2*-1;/i;1D3;. The number of imidazole rings is 1. The number of hydrogen-bond donors (Lipinski definition) is 0. The Hall–Kier alpha value is -6.75. The van der Waals surface area contributed by atoms with Gasteiger partial charge in [0.1, 0.15) is 0 Å². The van der Waals surface area contributed by atoms with Crippen molar-refractivity contribution in [1.29, 1.82) is 0 Å². The molecule has 0 unspecified atom stereocenters. The number of benzene rings is 8. The van der Waals surface area contributed by atoms with Gasteiger partial charge < -0.3 is 9.55 Å². The van der Waals surface area contributed by atoms with E-state index in [0.717, 1.165) is 67.0 Å². The van der Waals surface area contributed by atoms with E-state index >= 15 is 0 Å². The Bertz CT molecular complexity index is 3270. The number of thiophene rings is 1. The zero-order valence-electron chi connectivity index (χ0n) is 35.2. The number of fused-ring (bicyclic) bond motifs is 3. The summed E-state index contributed by atoms with van der Waals surface area (Å²) >= 11 is 1.65. The van der Waals surface area contributed by atoms with Gasteiger partial charge in [0.15, 0.2) is 0 Å². The van der Waals surface area contributed by atoms with Crippen molar-refractivity contribution >= 4 is 43.2 Å². The number of aromatic nitrogens is 3. The van der Waals surface area contributed by atoms with Crippen LogP contribution >= 0.6 is 11.3 Å². The first-order valence-electron chi connectivity index (χ1n) is 21.0. The minimum atomic E-state index is -2.09. The van der Waals surface area contributed by atoms with Crippen LogP contribution in [0.3, 0.4) is 0 Å². The smallest absolute Gasteiger partial charge is 0.0774 e. The van der Waals surface area contributed by atoms with Crippen LogP contribution in [0.4, 0.5) is 0 Å². The third kappa shape index (κ3) is 7.63. The van der Waals surface area contributed by atoms with Gasteiger partial charge in [-0.3, -0.25) is 16.3 Å². The summed E-state index contributed by atoms with van der Waals surface area (Å²) in [4.78, 5) is 9.46. The van der Waals surface area contributed by atoms with Crippen LogP contribution in [0.25, 0.3) is 93.6 Å². The number of nitrogens with zero attached hydrogens (tertiary/aromatic N) is 3. The minimum absolute atomic E-state index is 0. The molecule has 0 saturated carbocycles. The molecule has 11 aromatic rings. The second-order valence-corrected chi connectivity index (χ2v) is 15.1. The maximum atomic E-state index is 7.23. The molecule has 0 amide bonds. The summed E-state index contributed by atoms with van der Waals surface area (Å²) in [5.41, 5.74) is 13.0. The van der Waals surface area contributed by atoms with Crippen LogP contribution in [0.15, 0.2) is 206 Å². The fourth-order valence-electron chi connectivity index (χ4n) is 7.70. The van der Waals surface area contributed by atoms with Crippen LogP contribution in [0.5, 0.6) is 0 Å². The molecule has 0 atom stereocenters. The van der Waals surface area contributed by atoms with Gasteiger partial charge in [0.2, 0.25) is 0 Å². The minimum Gasteiger partial charge on any atom is -0.332 e. The van der Waals surface area contributed by atoms with Gasteiger partial charge in [-0.2, -0.15) is 0 Å². The summed E-state index contributed by atoms with van der Waals surface area (Å²) in [6, 6.07) is 72.2. The molecular formula is C55H37IrN3S-2. The maximum Gasteiger partial charge on any atom is 0.0774 e. The maximum absolute atomic E-state index is 7.23. The number of hydrogen-bond acceptors (Lipinski definition) is 3. The van der Waals surface area contributed by atoms with E-state index in [9.17, 15) is 0 Å². The molecule has 5 heteroatoms. The monoisotopic (exact) mass is 967 g/mol. The predicted molar refractivity (Wildman–Crippen MR) is 248 cm³/mol. The van der Waals surface area contributed by atoms with Crippen LogP contribution < -0.4 is 0 Å². The molecule has 3 nitrogen and oxygen atoms in total. The normalized spacial score (nSPS) is 11.9. The molecule has 3 aromatic heterocycles. The SMILES string of the molecule is [2H]C([2H])([2H])c1ccc(-c2[c-]cccc2)nc1.[Ir].[c-]1sc2ccc(-c3ccc4ccccc4c3)cc2c1-c1nc2ccccc2n1-c1c(-c2ccccc2)cccc1-c1ccccc1. The molecule has 0 bridgehead atoms. The fraction of sp³-hybridized carbons (Fsp3) is 0.0182. The number of rotatable bonds is 6. The Labute approximate surface area is 371 Å². The fourth-order valence-corrected chi connectivity index (χ4v) is 8.52. The van der Waals surface area contributed by atoms with Crippen molar-refractivity contribution in [2.75, 3.05) is 0 Å². The molecular weight excluding hydrogens is 927 g/mol. The Balaban J connectivity index is 0.000000251.